The molecule has 0 saturated heterocycles. The minimum absolute atomic E-state index is 1.14. The maximum Gasteiger partial charge on any atom is 0.219 e. The van der Waals surface area contributed by atoms with Gasteiger partial charge in [-0.15, -0.1) is 0 Å². The summed E-state index contributed by atoms with van der Waals surface area (Å²) in [4.78, 5) is 0. The summed E-state index contributed by atoms with van der Waals surface area (Å²) in [5.74, 6) is 0. The lowest BCUT2D eigenvalue weighted by Gasteiger charge is -2.13. The van der Waals surface area contributed by atoms with Gasteiger partial charge in [-0.2, -0.15) is 4.57 Å². The fourth-order valence-corrected chi connectivity index (χ4v) is 4.71. The molecule has 0 unspecified atom stereocenters. The van der Waals surface area contributed by atoms with Gasteiger partial charge >= 0.3 is 0 Å². The van der Waals surface area contributed by atoms with Crippen LogP contribution in [0.2, 0.25) is 0 Å². The first kappa shape index (κ1) is 20.1. The predicted octanol–water partition coefficient (Wildman–Crippen LogP) is 8.07. The molecule has 4 aromatic rings. The Kier molecular flexibility index (Phi) is 5.21. The van der Waals surface area contributed by atoms with Crippen LogP contribution in [0.1, 0.15) is 0 Å². The van der Waals surface area contributed by atoms with Crippen LogP contribution in [0.5, 0.6) is 0 Å². The van der Waals surface area contributed by atoms with Crippen molar-refractivity contribution in [3.63, 3.8) is 0 Å². The summed E-state index contributed by atoms with van der Waals surface area (Å²) < 4.78 is 2.37. The molecule has 0 spiro atoms. The third kappa shape index (κ3) is 3.68. The van der Waals surface area contributed by atoms with Crippen molar-refractivity contribution in [3.05, 3.63) is 146 Å². The Hall–Kier alpha value is -4.49. The van der Waals surface area contributed by atoms with Gasteiger partial charge in [0.1, 0.15) is 0 Å². The van der Waals surface area contributed by atoms with Gasteiger partial charge in [-0.05, 0) is 46.5 Å². The molecule has 0 N–H and O–H groups in total. The molecule has 160 valence electrons. The highest BCUT2D eigenvalue weighted by Gasteiger charge is 2.25. The van der Waals surface area contributed by atoms with Gasteiger partial charge in [-0.3, -0.25) is 0 Å². The summed E-state index contributed by atoms with van der Waals surface area (Å²) in [5, 5.41) is 0. The predicted molar refractivity (Wildman–Crippen MR) is 141 cm³/mol. The second-order valence-corrected chi connectivity index (χ2v) is 8.44. The van der Waals surface area contributed by atoms with Gasteiger partial charge in [0.2, 0.25) is 17.1 Å². The molecule has 3 aromatic carbocycles. The van der Waals surface area contributed by atoms with Crippen molar-refractivity contribution in [1.29, 1.82) is 0 Å². The summed E-state index contributed by atoms with van der Waals surface area (Å²) >= 11 is 0. The Morgan fingerprint density at radius 2 is 0.765 bits per heavy atom. The third-order valence-corrected chi connectivity index (χ3v) is 6.32. The Balaban J connectivity index is 1.70. The highest BCUT2D eigenvalue weighted by atomic mass is 15.0. The van der Waals surface area contributed by atoms with Crippen molar-refractivity contribution >= 4 is 0 Å². The molecule has 0 aliphatic heterocycles. The molecule has 2 aliphatic carbocycles. The fourth-order valence-electron chi connectivity index (χ4n) is 4.71. The molecular weight excluding hydrogens is 410 g/mol. The van der Waals surface area contributed by atoms with Crippen LogP contribution >= 0.6 is 0 Å². The van der Waals surface area contributed by atoms with Crippen LogP contribution in [-0.2, 0) is 0 Å². The summed E-state index contributed by atoms with van der Waals surface area (Å²) in [5.41, 5.74) is 10.8. The fraction of sp³-hybridized carbons (Fsp3) is 0. The van der Waals surface area contributed by atoms with E-state index in [0.29, 0.717) is 0 Å². The lowest BCUT2D eigenvalue weighted by atomic mass is 9.97. The summed E-state index contributed by atoms with van der Waals surface area (Å²) in [7, 11) is 0. The lowest BCUT2D eigenvalue weighted by Crippen LogP contribution is -2.36. The molecule has 1 aromatic heterocycles. The van der Waals surface area contributed by atoms with Crippen LogP contribution in [0.25, 0.3) is 50.5 Å². The van der Waals surface area contributed by atoms with E-state index in [-0.39, 0.29) is 0 Å². The van der Waals surface area contributed by atoms with Crippen molar-refractivity contribution in [2.75, 3.05) is 0 Å². The number of hydrogen-bond acceptors (Lipinski definition) is 0. The third-order valence-electron chi connectivity index (χ3n) is 6.32. The van der Waals surface area contributed by atoms with E-state index in [0.717, 1.165) is 17.1 Å². The van der Waals surface area contributed by atoms with Crippen molar-refractivity contribution < 1.29 is 4.57 Å². The molecule has 1 heteroatoms. The molecule has 0 saturated carbocycles. The minimum atomic E-state index is 1.14. The van der Waals surface area contributed by atoms with E-state index in [9.17, 15) is 0 Å². The van der Waals surface area contributed by atoms with E-state index in [1.165, 1.54) is 33.4 Å². The highest BCUT2D eigenvalue weighted by Crippen LogP contribution is 2.38. The minimum Gasteiger partial charge on any atom is -0.153 e. The maximum atomic E-state index is 2.37. The van der Waals surface area contributed by atoms with Crippen molar-refractivity contribution in [2.45, 2.75) is 0 Å². The molecule has 0 amide bonds. The molecule has 34 heavy (non-hydrogen) atoms. The zero-order valence-electron chi connectivity index (χ0n) is 18.8. The van der Waals surface area contributed by atoms with Crippen LogP contribution in [0.4, 0.5) is 0 Å². The van der Waals surface area contributed by atoms with E-state index < -0.39 is 0 Å². The van der Waals surface area contributed by atoms with Crippen molar-refractivity contribution in [3.8, 4) is 50.5 Å². The highest BCUT2D eigenvalue weighted by molar-refractivity contribution is 5.88. The SMILES string of the molecule is c1ccc(-c2cc(-c3ccc4cccccc3-4)cc(-c3ccccc3)[n+]2-c2ccccc2)cc1. The number of rotatable bonds is 4. The second-order valence-electron chi connectivity index (χ2n) is 8.44. The van der Waals surface area contributed by atoms with Gasteiger partial charge in [0.05, 0.1) is 0 Å². The molecule has 0 atom stereocenters. The van der Waals surface area contributed by atoms with Gasteiger partial charge in [0, 0.05) is 35.4 Å². The van der Waals surface area contributed by atoms with Gasteiger partial charge < -0.3 is 0 Å². The van der Waals surface area contributed by atoms with E-state index in [4.69, 9.17) is 0 Å². The van der Waals surface area contributed by atoms with Gasteiger partial charge in [-0.1, -0.05) is 97.1 Å². The summed E-state index contributed by atoms with van der Waals surface area (Å²) in [6.07, 6.45) is 0. The Morgan fingerprint density at radius 3 is 1.32 bits per heavy atom. The van der Waals surface area contributed by atoms with Crippen LogP contribution in [0.15, 0.2) is 146 Å². The Labute approximate surface area is 200 Å². The molecule has 0 fully saturated rings. The molecule has 2 aliphatic rings. The summed E-state index contributed by atoms with van der Waals surface area (Å²) in [6.45, 7) is 0. The monoisotopic (exact) mass is 434 g/mol. The second kappa shape index (κ2) is 8.80. The number of pyridine rings is 1. The summed E-state index contributed by atoms with van der Waals surface area (Å²) in [6, 6.07) is 51.8. The standard InChI is InChI=1S/C33H24N/c1-6-14-26(15-7-1)32-23-28(31-22-21-25-13-5-3-12-20-30(25)31)24-33(27-16-8-2-9-17-27)34(32)29-18-10-4-11-19-29/h1-24H/q+1. The molecule has 0 radical (unpaired) electrons. The van der Waals surface area contributed by atoms with E-state index in [1.807, 2.05) is 0 Å². The van der Waals surface area contributed by atoms with Gasteiger partial charge in [-0.25, -0.2) is 0 Å². The first-order valence-corrected chi connectivity index (χ1v) is 11.6. The number of aromatic nitrogens is 1. The Bertz CT molecular complexity index is 1460. The Morgan fingerprint density at radius 1 is 0.324 bits per heavy atom. The maximum absolute atomic E-state index is 2.37. The van der Waals surface area contributed by atoms with Crippen molar-refractivity contribution in [2.24, 2.45) is 0 Å². The van der Waals surface area contributed by atoms with E-state index in [2.05, 4.69) is 150 Å². The zero-order valence-corrected chi connectivity index (χ0v) is 18.8. The van der Waals surface area contributed by atoms with Crippen LogP contribution in [0, 0.1) is 0 Å². The molecular formula is C33H24N+. The lowest BCUT2D eigenvalue weighted by molar-refractivity contribution is -0.572. The number of fused-ring (bicyclic) bond motifs is 1. The molecule has 1 heterocycles. The zero-order chi connectivity index (χ0) is 22.7. The average molecular weight is 435 g/mol. The number of benzene rings is 3. The largest absolute Gasteiger partial charge is 0.219 e. The number of hydrogen-bond donors (Lipinski definition) is 0. The molecule has 1 nitrogen and oxygen atoms in total. The number of nitrogens with zero attached hydrogens (tertiary/aromatic N) is 1. The smallest absolute Gasteiger partial charge is 0.153 e. The van der Waals surface area contributed by atoms with Crippen LogP contribution < -0.4 is 4.57 Å². The first-order chi connectivity index (χ1) is 16.9. The van der Waals surface area contributed by atoms with Gasteiger partial charge in [0.15, 0.2) is 0 Å². The topological polar surface area (TPSA) is 3.88 Å². The van der Waals surface area contributed by atoms with Crippen LogP contribution in [0.3, 0.4) is 0 Å². The van der Waals surface area contributed by atoms with E-state index >= 15 is 0 Å². The number of para-hydroxylation sites is 1. The van der Waals surface area contributed by atoms with Crippen LogP contribution in [-0.4, -0.2) is 0 Å². The molecule has 6 rings (SSSR count). The normalized spacial score (nSPS) is 10.9. The van der Waals surface area contributed by atoms with Gasteiger partial charge in [0.25, 0.3) is 0 Å². The first-order valence-electron chi connectivity index (χ1n) is 11.6. The molecule has 0 bridgehead atoms. The van der Waals surface area contributed by atoms with Crippen molar-refractivity contribution in [1.82, 2.24) is 0 Å². The quantitative estimate of drug-likeness (QED) is 0.247. The average Bonchev–Trinajstić information content (AvgIpc) is 3.17. The van der Waals surface area contributed by atoms with E-state index in [1.54, 1.807) is 0 Å².